The Hall–Kier alpha value is -2.49. The van der Waals surface area contributed by atoms with Crippen LogP contribution in [0.3, 0.4) is 0 Å². The van der Waals surface area contributed by atoms with Gasteiger partial charge >= 0.3 is 0 Å². The number of thiazole rings is 1. The minimum Gasteiger partial charge on any atom is -0.316 e. The molecular formula is C17H13N3OS2. The minimum absolute atomic E-state index is 0.152. The van der Waals surface area contributed by atoms with Crippen molar-refractivity contribution in [1.82, 2.24) is 4.98 Å². The molecule has 0 aliphatic heterocycles. The van der Waals surface area contributed by atoms with Crippen LogP contribution in [0.1, 0.15) is 21.8 Å². The summed E-state index contributed by atoms with van der Waals surface area (Å²) in [4.78, 5) is 16.6. The van der Waals surface area contributed by atoms with Gasteiger partial charge in [0, 0.05) is 11.8 Å². The highest BCUT2D eigenvalue weighted by molar-refractivity contribution is 7.14. The van der Waals surface area contributed by atoms with E-state index in [0.717, 1.165) is 17.1 Å². The third kappa shape index (κ3) is 4.03. The van der Waals surface area contributed by atoms with Crippen LogP contribution in [0.25, 0.3) is 0 Å². The molecule has 0 aliphatic carbocycles. The normalized spacial score (nSPS) is 10.2. The number of nitriles is 1. The van der Waals surface area contributed by atoms with E-state index in [4.69, 9.17) is 5.26 Å². The molecule has 4 nitrogen and oxygen atoms in total. The predicted octanol–water partition coefficient (Wildman–Crippen LogP) is 3.85. The van der Waals surface area contributed by atoms with Crippen molar-refractivity contribution in [2.24, 2.45) is 0 Å². The van der Waals surface area contributed by atoms with Gasteiger partial charge in [-0.1, -0.05) is 30.3 Å². The van der Waals surface area contributed by atoms with Crippen LogP contribution >= 0.6 is 22.7 Å². The van der Waals surface area contributed by atoms with Gasteiger partial charge in [0.1, 0.15) is 11.1 Å². The van der Waals surface area contributed by atoms with E-state index in [2.05, 4.69) is 28.5 Å². The van der Waals surface area contributed by atoms with Crippen molar-refractivity contribution in [1.29, 1.82) is 5.26 Å². The summed E-state index contributed by atoms with van der Waals surface area (Å²) in [6, 6.07) is 13.9. The Morgan fingerprint density at radius 2 is 2.04 bits per heavy atom. The van der Waals surface area contributed by atoms with Gasteiger partial charge in [0.25, 0.3) is 0 Å². The average Bonchev–Trinajstić information content (AvgIpc) is 3.17. The van der Waals surface area contributed by atoms with E-state index in [1.165, 1.54) is 16.9 Å². The molecule has 1 N–H and O–H groups in total. The van der Waals surface area contributed by atoms with E-state index >= 15 is 0 Å². The van der Waals surface area contributed by atoms with Gasteiger partial charge in [-0.2, -0.15) is 5.26 Å². The number of carbonyl (C=O) groups excluding carboxylic acids is 1. The van der Waals surface area contributed by atoms with Crippen LogP contribution < -0.4 is 5.32 Å². The van der Waals surface area contributed by atoms with Crippen molar-refractivity contribution >= 4 is 33.6 Å². The van der Waals surface area contributed by atoms with Crippen molar-refractivity contribution in [3.05, 3.63) is 69.0 Å². The number of carbonyl (C=O) groups is 1. The predicted molar refractivity (Wildman–Crippen MR) is 92.7 cm³/mol. The number of thiophene rings is 1. The Morgan fingerprint density at radius 3 is 2.83 bits per heavy atom. The standard InChI is InChI=1S/C17H13N3OS2/c18-10-13-6-7-22-17(13)20-15(21)9-14-11-23-16(19-14)8-12-4-2-1-3-5-12/h1-7,11H,8-9H2,(H,20,21). The smallest absolute Gasteiger partial charge is 0.231 e. The summed E-state index contributed by atoms with van der Waals surface area (Å²) in [5, 5.41) is 17.0. The minimum atomic E-state index is -0.152. The Bertz CT molecular complexity index is 846. The van der Waals surface area contributed by atoms with Crippen molar-refractivity contribution < 1.29 is 4.79 Å². The van der Waals surface area contributed by atoms with Crippen LogP contribution in [0, 0.1) is 11.3 Å². The van der Waals surface area contributed by atoms with Gasteiger partial charge in [-0.25, -0.2) is 4.98 Å². The fourth-order valence-electron chi connectivity index (χ4n) is 2.11. The number of hydrogen-bond acceptors (Lipinski definition) is 5. The van der Waals surface area contributed by atoms with Crippen LogP contribution in [0.2, 0.25) is 0 Å². The van der Waals surface area contributed by atoms with Gasteiger partial charge in [-0.3, -0.25) is 4.79 Å². The molecule has 3 aromatic rings. The van der Waals surface area contributed by atoms with Crippen molar-refractivity contribution in [3.8, 4) is 6.07 Å². The molecule has 0 unspecified atom stereocenters. The topological polar surface area (TPSA) is 65.8 Å². The Balaban J connectivity index is 1.60. The maximum absolute atomic E-state index is 12.1. The number of anilines is 1. The molecule has 3 rings (SSSR count). The van der Waals surface area contributed by atoms with E-state index in [-0.39, 0.29) is 12.3 Å². The summed E-state index contributed by atoms with van der Waals surface area (Å²) in [7, 11) is 0. The lowest BCUT2D eigenvalue weighted by molar-refractivity contribution is -0.115. The second-order valence-corrected chi connectivity index (χ2v) is 6.75. The molecular weight excluding hydrogens is 326 g/mol. The summed E-state index contributed by atoms with van der Waals surface area (Å²) in [5.74, 6) is -0.152. The first-order valence-electron chi connectivity index (χ1n) is 6.99. The van der Waals surface area contributed by atoms with E-state index in [0.29, 0.717) is 10.6 Å². The molecule has 23 heavy (non-hydrogen) atoms. The molecule has 0 fully saturated rings. The van der Waals surface area contributed by atoms with Gasteiger partial charge in [0.05, 0.1) is 22.7 Å². The molecule has 0 aliphatic rings. The monoisotopic (exact) mass is 339 g/mol. The van der Waals surface area contributed by atoms with Gasteiger partial charge in [-0.15, -0.1) is 22.7 Å². The van der Waals surface area contributed by atoms with Crippen LogP contribution in [0.4, 0.5) is 5.00 Å². The SMILES string of the molecule is N#Cc1ccsc1NC(=O)Cc1csc(Cc2ccccc2)n1. The van der Waals surface area contributed by atoms with Crippen molar-refractivity contribution in [2.75, 3.05) is 5.32 Å². The number of aromatic nitrogens is 1. The van der Waals surface area contributed by atoms with E-state index in [1.807, 2.05) is 23.6 Å². The van der Waals surface area contributed by atoms with E-state index < -0.39 is 0 Å². The lowest BCUT2D eigenvalue weighted by atomic mass is 10.2. The fourth-order valence-corrected chi connectivity index (χ4v) is 3.69. The molecule has 0 saturated heterocycles. The third-order valence-electron chi connectivity index (χ3n) is 3.18. The first-order chi connectivity index (χ1) is 11.2. The van der Waals surface area contributed by atoms with Crippen molar-refractivity contribution in [2.45, 2.75) is 12.8 Å². The van der Waals surface area contributed by atoms with Crippen LogP contribution in [-0.4, -0.2) is 10.9 Å². The molecule has 2 heterocycles. The third-order valence-corrected chi connectivity index (χ3v) is 4.91. The van der Waals surface area contributed by atoms with Gasteiger partial charge < -0.3 is 5.32 Å². The van der Waals surface area contributed by atoms with Crippen LogP contribution in [0.15, 0.2) is 47.2 Å². The number of rotatable bonds is 5. The number of nitrogens with zero attached hydrogens (tertiary/aromatic N) is 2. The number of benzene rings is 1. The highest BCUT2D eigenvalue weighted by Crippen LogP contribution is 2.22. The highest BCUT2D eigenvalue weighted by atomic mass is 32.1. The van der Waals surface area contributed by atoms with Gasteiger partial charge in [0.2, 0.25) is 5.91 Å². The molecule has 6 heteroatoms. The second-order valence-electron chi connectivity index (χ2n) is 4.90. The Morgan fingerprint density at radius 1 is 1.22 bits per heavy atom. The molecule has 0 saturated carbocycles. The number of hydrogen-bond donors (Lipinski definition) is 1. The Kier molecular flexibility index (Phi) is 4.81. The zero-order chi connectivity index (χ0) is 16.1. The van der Waals surface area contributed by atoms with Crippen molar-refractivity contribution in [3.63, 3.8) is 0 Å². The summed E-state index contributed by atoms with van der Waals surface area (Å²) in [5.41, 5.74) is 2.45. The molecule has 2 aromatic heterocycles. The maximum Gasteiger partial charge on any atom is 0.231 e. The average molecular weight is 339 g/mol. The zero-order valence-corrected chi connectivity index (χ0v) is 13.8. The number of amides is 1. The lowest BCUT2D eigenvalue weighted by Gasteiger charge is -2.01. The maximum atomic E-state index is 12.1. The first kappa shape index (κ1) is 15.4. The summed E-state index contributed by atoms with van der Waals surface area (Å²) in [6.45, 7) is 0. The van der Waals surface area contributed by atoms with Crippen LogP contribution in [0.5, 0.6) is 0 Å². The number of nitrogens with one attached hydrogen (secondary N) is 1. The summed E-state index contributed by atoms with van der Waals surface area (Å²) in [6.07, 6.45) is 0.991. The molecule has 1 aromatic carbocycles. The van der Waals surface area contributed by atoms with Gasteiger partial charge in [0.15, 0.2) is 0 Å². The largest absolute Gasteiger partial charge is 0.316 e. The molecule has 114 valence electrons. The summed E-state index contributed by atoms with van der Waals surface area (Å²) >= 11 is 2.91. The molecule has 0 atom stereocenters. The summed E-state index contributed by atoms with van der Waals surface area (Å²) < 4.78 is 0. The van der Waals surface area contributed by atoms with Crippen LogP contribution in [-0.2, 0) is 17.6 Å². The first-order valence-corrected chi connectivity index (χ1v) is 8.75. The molecule has 0 bridgehead atoms. The zero-order valence-electron chi connectivity index (χ0n) is 12.2. The van der Waals surface area contributed by atoms with E-state index in [9.17, 15) is 4.79 Å². The molecule has 0 spiro atoms. The van der Waals surface area contributed by atoms with E-state index in [1.54, 1.807) is 22.8 Å². The quantitative estimate of drug-likeness (QED) is 0.768. The molecule has 1 amide bonds. The Labute approximate surface area is 142 Å². The lowest BCUT2D eigenvalue weighted by Crippen LogP contribution is -2.14. The van der Waals surface area contributed by atoms with Gasteiger partial charge in [-0.05, 0) is 17.0 Å². The highest BCUT2D eigenvalue weighted by Gasteiger charge is 2.11. The second kappa shape index (κ2) is 7.18. The molecule has 0 radical (unpaired) electrons. The fraction of sp³-hybridized carbons (Fsp3) is 0.118.